The highest BCUT2D eigenvalue weighted by Crippen LogP contribution is 2.18. The van der Waals surface area contributed by atoms with Crippen LogP contribution in [0.15, 0.2) is 24.3 Å². The Labute approximate surface area is 174 Å². The summed E-state index contributed by atoms with van der Waals surface area (Å²) in [7, 11) is 6.29. The molecule has 2 aliphatic rings. The summed E-state index contributed by atoms with van der Waals surface area (Å²) in [5, 5.41) is 5.79. The Morgan fingerprint density at radius 2 is 1.66 bits per heavy atom. The number of carbonyl (C=O) groups excluding carboxylic acids is 2. The average molecular weight is 404 g/mol. The van der Waals surface area contributed by atoms with E-state index in [0.717, 1.165) is 57.5 Å². The normalized spacial score (nSPS) is 23.4. The van der Waals surface area contributed by atoms with Crippen LogP contribution in [-0.2, 0) is 9.59 Å². The van der Waals surface area contributed by atoms with Crippen LogP contribution >= 0.6 is 0 Å². The van der Waals surface area contributed by atoms with E-state index >= 15 is 0 Å². The number of hydrogen-bond donors (Lipinski definition) is 4. The molecule has 1 saturated heterocycles. The Kier molecular flexibility index (Phi) is 7.50. The van der Waals surface area contributed by atoms with Crippen molar-refractivity contribution >= 4 is 17.5 Å². The largest absolute Gasteiger partial charge is 0.378 e. The van der Waals surface area contributed by atoms with Gasteiger partial charge in [0.05, 0.1) is 13.6 Å². The number of quaternary nitrogens is 2. The van der Waals surface area contributed by atoms with Crippen molar-refractivity contribution in [2.45, 2.75) is 37.8 Å². The van der Waals surface area contributed by atoms with Gasteiger partial charge < -0.3 is 25.3 Å². The van der Waals surface area contributed by atoms with Crippen LogP contribution in [0.4, 0.5) is 5.69 Å². The third-order valence-corrected chi connectivity index (χ3v) is 6.41. The quantitative estimate of drug-likeness (QED) is 0.432. The van der Waals surface area contributed by atoms with Gasteiger partial charge in [-0.2, -0.15) is 0 Å². The molecule has 7 nitrogen and oxygen atoms in total. The van der Waals surface area contributed by atoms with E-state index in [-0.39, 0.29) is 12.1 Å². The lowest BCUT2D eigenvalue weighted by molar-refractivity contribution is -1.02. The molecule has 0 unspecified atom stereocenters. The lowest BCUT2D eigenvalue weighted by atomic mass is 10.0. The monoisotopic (exact) mass is 403 g/mol. The first-order valence-corrected chi connectivity index (χ1v) is 11.0. The molecule has 1 aromatic carbocycles. The molecule has 1 atom stereocenters. The van der Waals surface area contributed by atoms with Crippen LogP contribution in [0.2, 0.25) is 0 Å². The molecule has 29 heavy (non-hydrogen) atoms. The first-order valence-electron chi connectivity index (χ1n) is 11.0. The van der Waals surface area contributed by atoms with Crippen molar-refractivity contribution in [2.24, 2.45) is 0 Å². The third-order valence-electron chi connectivity index (χ3n) is 6.41. The molecular formula is C22H37N5O2+2. The number of rotatable bonds is 6. The van der Waals surface area contributed by atoms with Gasteiger partial charge in [-0.15, -0.1) is 0 Å². The van der Waals surface area contributed by atoms with Gasteiger partial charge in [0, 0.05) is 31.4 Å². The number of nitrogens with one attached hydrogen (secondary N) is 4. The van der Waals surface area contributed by atoms with Crippen molar-refractivity contribution in [2.75, 3.05) is 58.8 Å². The smallest absolute Gasteiger partial charge is 0.309 e. The summed E-state index contributed by atoms with van der Waals surface area (Å²) in [6, 6.07) is 8.87. The Bertz CT molecular complexity index is 677. The molecule has 160 valence electrons. The van der Waals surface area contributed by atoms with Gasteiger partial charge in [0.2, 0.25) is 0 Å². The average Bonchev–Trinajstić information content (AvgIpc) is 3.22. The number of anilines is 1. The summed E-state index contributed by atoms with van der Waals surface area (Å²) in [6.45, 7) is 4.86. The molecule has 1 heterocycles. The van der Waals surface area contributed by atoms with E-state index in [1.54, 1.807) is 4.90 Å². The van der Waals surface area contributed by atoms with Crippen LogP contribution < -0.4 is 25.3 Å². The molecular weight excluding hydrogens is 366 g/mol. The van der Waals surface area contributed by atoms with E-state index in [1.807, 2.05) is 14.1 Å². The summed E-state index contributed by atoms with van der Waals surface area (Å²) in [6.07, 6.45) is 4.22. The van der Waals surface area contributed by atoms with E-state index in [4.69, 9.17) is 0 Å². The molecule has 0 bridgehead atoms. The number of benzene rings is 1. The first-order chi connectivity index (χ1) is 13.9. The maximum atomic E-state index is 12.4. The fourth-order valence-corrected chi connectivity index (χ4v) is 4.45. The molecule has 7 heteroatoms. The zero-order valence-electron chi connectivity index (χ0n) is 18.1. The minimum Gasteiger partial charge on any atom is -0.378 e. The van der Waals surface area contributed by atoms with Crippen molar-refractivity contribution < 1.29 is 19.4 Å². The molecule has 3 rings (SSSR count). The van der Waals surface area contributed by atoms with E-state index in [2.05, 4.69) is 46.8 Å². The van der Waals surface area contributed by atoms with Crippen LogP contribution in [0.3, 0.4) is 0 Å². The summed E-state index contributed by atoms with van der Waals surface area (Å²) < 4.78 is 0. The van der Waals surface area contributed by atoms with Crippen LogP contribution in [0.1, 0.15) is 37.3 Å². The van der Waals surface area contributed by atoms with Gasteiger partial charge in [-0.25, -0.2) is 0 Å². The Morgan fingerprint density at radius 3 is 2.24 bits per heavy atom. The Balaban J connectivity index is 1.64. The maximum Gasteiger partial charge on any atom is 0.309 e. The molecule has 1 saturated carbocycles. The third kappa shape index (κ3) is 5.93. The summed E-state index contributed by atoms with van der Waals surface area (Å²) in [4.78, 5) is 29.8. The lowest BCUT2D eigenvalue weighted by Gasteiger charge is -2.33. The van der Waals surface area contributed by atoms with Crippen LogP contribution in [0.25, 0.3) is 0 Å². The second kappa shape index (κ2) is 10.1. The van der Waals surface area contributed by atoms with Crippen molar-refractivity contribution in [3.63, 3.8) is 0 Å². The minimum absolute atomic E-state index is 0.155. The van der Waals surface area contributed by atoms with Crippen molar-refractivity contribution in [3.8, 4) is 0 Å². The van der Waals surface area contributed by atoms with E-state index in [0.29, 0.717) is 6.54 Å². The SMILES string of the molecule is CN(C)c1ccc([C@@H](CNC(=O)C(=O)NC2CCCC2)[NH+]2CC[NH+](C)CC2)cc1. The number of likely N-dealkylation sites (N-methyl/N-ethyl adjacent to an activating group) is 1. The zero-order chi connectivity index (χ0) is 20.8. The molecule has 1 aliphatic carbocycles. The highest BCUT2D eigenvalue weighted by Gasteiger charge is 2.30. The first kappa shape index (κ1) is 21.6. The second-order valence-corrected chi connectivity index (χ2v) is 8.82. The molecule has 1 aromatic rings. The zero-order valence-corrected chi connectivity index (χ0v) is 18.1. The van der Waals surface area contributed by atoms with Gasteiger partial charge in [-0.05, 0) is 25.0 Å². The van der Waals surface area contributed by atoms with Gasteiger partial charge in [0.15, 0.2) is 0 Å². The molecule has 0 spiro atoms. The molecule has 2 fully saturated rings. The highest BCUT2D eigenvalue weighted by atomic mass is 16.2. The van der Waals surface area contributed by atoms with Crippen LogP contribution in [-0.4, -0.2) is 71.7 Å². The van der Waals surface area contributed by atoms with Crippen LogP contribution in [0.5, 0.6) is 0 Å². The summed E-state index contributed by atoms with van der Waals surface area (Å²) >= 11 is 0. The molecule has 4 N–H and O–H groups in total. The van der Waals surface area contributed by atoms with Gasteiger partial charge in [0.25, 0.3) is 0 Å². The van der Waals surface area contributed by atoms with Crippen LogP contribution in [0, 0.1) is 0 Å². The summed E-state index contributed by atoms with van der Waals surface area (Å²) in [5.41, 5.74) is 2.37. The fourth-order valence-electron chi connectivity index (χ4n) is 4.45. The Morgan fingerprint density at radius 1 is 1.03 bits per heavy atom. The van der Waals surface area contributed by atoms with Gasteiger partial charge >= 0.3 is 11.8 Å². The highest BCUT2D eigenvalue weighted by molar-refractivity contribution is 6.35. The Hall–Kier alpha value is -2.12. The standard InChI is InChI=1S/C22H35N5O2/c1-25(2)19-10-8-17(9-11-19)20(27-14-12-26(3)13-15-27)16-23-21(28)22(29)24-18-6-4-5-7-18/h8-11,18,20H,4-7,12-16H2,1-3H3,(H,23,28)(H,24,29)/p+2/t20-/m1/s1. The molecule has 0 radical (unpaired) electrons. The topological polar surface area (TPSA) is 70.3 Å². The molecule has 1 aliphatic heterocycles. The number of amides is 2. The number of hydrogen-bond acceptors (Lipinski definition) is 3. The van der Waals surface area contributed by atoms with E-state index in [1.165, 1.54) is 10.5 Å². The maximum absolute atomic E-state index is 12.4. The predicted molar refractivity (Wildman–Crippen MR) is 114 cm³/mol. The predicted octanol–water partition coefficient (Wildman–Crippen LogP) is -1.62. The van der Waals surface area contributed by atoms with E-state index in [9.17, 15) is 9.59 Å². The van der Waals surface area contributed by atoms with Gasteiger partial charge in [-0.3, -0.25) is 9.59 Å². The van der Waals surface area contributed by atoms with Crippen molar-refractivity contribution in [1.82, 2.24) is 10.6 Å². The van der Waals surface area contributed by atoms with Gasteiger partial charge in [-0.1, -0.05) is 25.0 Å². The number of piperazine rings is 1. The van der Waals surface area contributed by atoms with E-state index < -0.39 is 11.8 Å². The second-order valence-electron chi connectivity index (χ2n) is 8.82. The number of nitrogens with zero attached hydrogens (tertiary/aromatic N) is 1. The van der Waals surface area contributed by atoms with Crippen molar-refractivity contribution in [1.29, 1.82) is 0 Å². The molecule has 0 aromatic heterocycles. The molecule has 2 amide bonds. The number of carbonyl (C=O) groups is 2. The van der Waals surface area contributed by atoms with Gasteiger partial charge in [0.1, 0.15) is 32.2 Å². The lowest BCUT2D eigenvalue weighted by Crippen LogP contribution is -3.27. The summed E-state index contributed by atoms with van der Waals surface area (Å²) in [5.74, 6) is -0.998. The minimum atomic E-state index is -0.508. The fraction of sp³-hybridized carbons (Fsp3) is 0.636. The van der Waals surface area contributed by atoms with Crippen molar-refractivity contribution in [3.05, 3.63) is 29.8 Å².